The van der Waals surface area contributed by atoms with Crippen molar-refractivity contribution in [1.29, 1.82) is 0 Å². The zero-order valence-corrected chi connectivity index (χ0v) is 12.7. The average molecular weight is 277 g/mol. The molecule has 20 heavy (non-hydrogen) atoms. The fraction of sp³-hybridized carbons (Fsp3) is 0.667. The second-order valence-electron chi connectivity index (χ2n) is 5.74. The van der Waals surface area contributed by atoms with Crippen LogP contribution in [-0.2, 0) is 4.74 Å². The molecule has 0 spiro atoms. The summed E-state index contributed by atoms with van der Waals surface area (Å²) in [6.07, 6.45) is 2.83. The molecular weight excluding hydrogens is 254 g/mol. The number of anilines is 1. The van der Waals surface area contributed by atoms with Crippen LogP contribution < -0.4 is 4.90 Å². The van der Waals surface area contributed by atoms with Gasteiger partial charge in [-0.2, -0.15) is 0 Å². The molecule has 0 saturated carbocycles. The summed E-state index contributed by atoms with van der Waals surface area (Å²) in [5.41, 5.74) is 1.13. The van der Waals surface area contributed by atoms with Crippen molar-refractivity contribution in [2.75, 3.05) is 24.6 Å². The van der Waals surface area contributed by atoms with Gasteiger partial charge in [0.05, 0.1) is 17.9 Å². The van der Waals surface area contributed by atoms with Crippen molar-refractivity contribution in [3.05, 3.63) is 17.5 Å². The van der Waals surface area contributed by atoms with Crippen LogP contribution in [-0.4, -0.2) is 35.6 Å². The smallest absolute Gasteiger partial charge is 0.341 e. The predicted molar refractivity (Wildman–Crippen MR) is 77.9 cm³/mol. The van der Waals surface area contributed by atoms with Gasteiger partial charge in [-0.1, -0.05) is 13.8 Å². The summed E-state index contributed by atoms with van der Waals surface area (Å²) in [4.78, 5) is 22.8. The number of piperidine rings is 1. The van der Waals surface area contributed by atoms with Gasteiger partial charge < -0.3 is 9.64 Å². The minimum atomic E-state index is -0.350. The molecule has 2 rings (SSSR count). The number of aryl methyl sites for hydroxylation is 1. The van der Waals surface area contributed by atoms with Crippen molar-refractivity contribution in [3.8, 4) is 0 Å². The van der Waals surface area contributed by atoms with E-state index >= 15 is 0 Å². The fourth-order valence-corrected chi connectivity index (χ4v) is 2.84. The van der Waals surface area contributed by atoms with E-state index in [1.807, 2.05) is 6.92 Å². The van der Waals surface area contributed by atoms with Crippen LogP contribution in [0.1, 0.15) is 43.2 Å². The van der Waals surface area contributed by atoms with Crippen LogP contribution in [0.5, 0.6) is 0 Å². The zero-order valence-electron chi connectivity index (χ0n) is 12.7. The Labute approximate surface area is 120 Å². The molecule has 1 fully saturated rings. The minimum absolute atomic E-state index is 0.350. The van der Waals surface area contributed by atoms with Gasteiger partial charge in [0.1, 0.15) is 0 Å². The Kier molecular flexibility index (Phi) is 4.57. The van der Waals surface area contributed by atoms with E-state index in [2.05, 4.69) is 28.7 Å². The maximum absolute atomic E-state index is 11.7. The topological polar surface area (TPSA) is 55.3 Å². The van der Waals surface area contributed by atoms with Crippen LogP contribution in [0.25, 0.3) is 0 Å². The maximum Gasteiger partial charge on any atom is 0.341 e. The standard InChI is InChI=1S/C15H23N3O2/c1-5-20-14(19)13-7-16-15(17-12(13)4)18-8-10(2)6-11(3)9-18/h7,10-11H,5-6,8-9H2,1-4H3. The molecule has 5 heteroatoms. The van der Waals surface area contributed by atoms with Crippen molar-refractivity contribution in [1.82, 2.24) is 9.97 Å². The van der Waals surface area contributed by atoms with Gasteiger partial charge in [0.2, 0.25) is 5.95 Å². The summed E-state index contributed by atoms with van der Waals surface area (Å²) >= 11 is 0. The normalized spacial score (nSPS) is 22.7. The lowest BCUT2D eigenvalue weighted by atomic mass is 9.92. The Bertz CT molecular complexity index is 480. The molecule has 2 unspecified atom stereocenters. The highest BCUT2D eigenvalue weighted by Crippen LogP contribution is 2.24. The number of hydrogen-bond acceptors (Lipinski definition) is 5. The number of nitrogens with zero attached hydrogens (tertiary/aromatic N) is 3. The molecule has 2 atom stereocenters. The number of ether oxygens (including phenoxy) is 1. The first kappa shape index (κ1) is 14.8. The van der Waals surface area contributed by atoms with Gasteiger partial charge in [0.15, 0.2) is 0 Å². The molecule has 110 valence electrons. The molecule has 2 heterocycles. The minimum Gasteiger partial charge on any atom is -0.462 e. The Morgan fingerprint density at radius 2 is 2.05 bits per heavy atom. The van der Waals surface area contributed by atoms with Crippen LogP contribution in [0.15, 0.2) is 6.20 Å². The van der Waals surface area contributed by atoms with E-state index < -0.39 is 0 Å². The van der Waals surface area contributed by atoms with Gasteiger partial charge in [0, 0.05) is 19.3 Å². The molecule has 0 aromatic carbocycles. The molecule has 0 radical (unpaired) electrons. The highest BCUT2D eigenvalue weighted by atomic mass is 16.5. The number of rotatable bonds is 3. The Hall–Kier alpha value is -1.65. The van der Waals surface area contributed by atoms with E-state index in [4.69, 9.17) is 4.74 Å². The largest absolute Gasteiger partial charge is 0.462 e. The number of hydrogen-bond donors (Lipinski definition) is 0. The lowest BCUT2D eigenvalue weighted by molar-refractivity contribution is 0.0524. The van der Waals surface area contributed by atoms with Crippen molar-refractivity contribution in [2.24, 2.45) is 11.8 Å². The molecule has 0 aliphatic carbocycles. The van der Waals surface area contributed by atoms with E-state index in [1.165, 1.54) is 6.42 Å². The average Bonchev–Trinajstić information content (AvgIpc) is 2.37. The van der Waals surface area contributed by atoms with Gasteiger partial charge in [-0.05, 0) is 32.1 Å². The third-order valence-electron chi connectivity index (χ3n) is 3.61. The molecule has 1 aliphatic heterocycles. The van der Waals surface area contributed by atoms with E-state index in [-0.39, 0.29) is 5.97 Å². The maximum atomic E-state index is 11.7. The molecule has 5 nitrogen and oxygen atoms in total. The number of carbonyl (C=O) groups excluding carboxylic acids is 1. The first-order valence-corrected chi connectivity index (χ1v) is 7.27. The number of carbonyl (C=O) groups is 1. The van der Waals surface area contributed by atoms with Gasteiger partial charge in [-0.25, -0.2) is 14.8 Å². The second kappa shape index (κ2) is 6.20. The lowest BCUT2D eigenvalue weighted by Gasteiger charge is -2.35. The predicted octanol–water partition coefficient (Wildman–Crippen LogP) is 2.44. The van der Waals surface area contributed by atoms with E-state index in [0.29, 0.717) is 35.6 Å². The molecular formula is C15H23N3O2. The van der Waals surface area contributed by atoms with Crippen LogP contribution in [0.2, 0.25) is 0 Å². The van der Waals surface area contributed by atoms with Crippen LogP contribution >= 0.6 is 0 Å². The number of esters is 1. The summed E-state index contributed by atoms with van der Waals surface area (Å²) in [6.45, 7) is 10.4. The third-order valence-corrected chi connectivity index (χ3v) is 3.61. The van der Waals surface area contributed by atoms with E-state index in [0.717, 1.165) is 13.1 Å². The molecule has 0 N–H and O–H groups in total. The SMILES string of the molecule is CCOC(=O)c1cnc(N2CC(C)CC(C)C2)nc1C. The second-order valence-corrected chi connectivity index (χ2v) is 5.74. The quantitative estimate of drug-likeness (QED) is 0.794. The van der Waals surface area contributed by atoms with Crippen LogP contribution in [0.4, 0.5) is 5.95 Å². The summed E-state index contributed by atoms with van der Waals surface area (Å²) in [6, 6.07) is 0. The van der Waals surface area contributed by atoms with Crippen molar-refractivity contribution >= 4 is 11.9 Å². The molecule has 0 bridgehead atoms. The monoisotopic (exact) mass is 277 g/mol. The van der Waals surface area contributed by atoms with Crippen molar-refractivity contribution < 1.29 is 9.53 Å². The third kappa shape index (κ3) is 3.26. The number of aromatic nitrogens is 2. The van der Waals surface area contributed by atoms with E-state index in [1.54, 1.807) is 13.1 Å². The van der Waals surface area contributed by atoms with Crippen molar-refractivity contribution in [2.45, 2.75) is 34.1 Å². The first-order chi connectivity index (χ1) is 9.51. The van der Waals surface area contributed by atoms with Gasteiger partial charge in [-0.3, -0.25) is 0 Å². The summed E-state index contributed by atoms with van der Waals surface area (Å²) in [5, 5.41) is 0. The highest BCUT2D eigenvalue weighted by molar-refractivity contribution is 5.90. The Morgan fingerprint density at radius 1 is 1.40 bits per heavy atom. The van der Waals surface area contributed by atoms with Crippen LogP contribution in [0.3, 0.4) is 0 Å². The van der Waals surface area contributed by atoms with Crippen LogP contribution in [0, 0.1) is 18.8 Å². The van der Waals surface area contributed by atoms with Gasteiger partial charge in [0.25, 0.3) is 0 Å². The summed E-state index contributed by atoms with van der Waals surface area (Å²) in [5.74, 6) is 1.66. The summed E-state index contributed by atoms with van der Waals surface area (Å²) < 4.78 is 5.00. The molecule has 1 aromatic rings. The van der Waals surface area contributed by atoms with E-state index in [9.17, 15) is 4.79 Å². The van der Waals surface area contributed by atoms with Gasteiger partial charge >= 0.3 is 5.97 Å². The molecule has 1 aliphatic rings. The highest BCUT2D eigenvalue weighted by Gasteiger charge is 2.24. The Morgan fingerprint density at radius 3 is 2.60 bits per heavy atom. The molecule has 1 aromatic heterocycles. The first-order valence-electron chi connectivity index (χ1n) is 7.27. The lowest BCUT2D eigenvalue weighted by Crippen LogP contribution is -2.39. The zero-order chi connectivity index (χ0) is 14.7. The van der Waals surface area contributed by atoms with Gasteiger partial charge in [-0.15, -0.1) is 0 Å². The van der Waals surface area contributed by atoms with Crippen molar-refractivity contribution in [3.63, 3.8) is 0 Å². The Balaban J connectivity index is 2.18. The molecule has 0 amide bonds. The fourth-order valence-electron chi connectivity index (χ4n) is 2.84. The summed E-state index contributed by atoms with van der Waals surface area (Å²) in [7, 11) is 0. The molecule has 1 saturated heterocycles.